The molecule has 0 aliphatic heterocycles. The number of likely N-dealkylation sites (N-methyl/N-ethyl adjacent to an activating group) is 1. The van der Waals surface area contributed by atoms with Crippen LogP contribution in [0.3, 0.4) is 0 Å². The molecule has 0 radical (unpaired) electrons. The molecule has 3 rings (SSSR count). The molecule has 1 atom stereocenters. The fourth-order valence-corrected chi connectivity index (χ4v) is 3.64. The van der Waals surface area contributed by atoms with E-state index in [-0.39, 0.29) is 11.9 Å². The van der Waals surface area contributed by atoms with Crippen molar-refractivity contribution < 1.29 is 4.79 Å². The van der Waals surface area contributed by atoms with Crippen molar-refractivity contribution in [2.45, 2.75) is 33.7 Å². The van der Waals surface area contributed by atoms with E-state index >= 15 is 0 Å². The SMILES string of the molecule is Cc1cc(C)c(NC(=O)CN(C)[C@@H](C)c2ccc3ccccc3c2)c(C)c1. The van der Waals surface area contributed by atoms with Crippen LogP contribution in [0.2, 0.25) is 0 Å². The number of benzene rings is 3. The number of hydrogen-bond donors (Lipinski definition) is 1. The van der Waals surface area contributed by atoms with Crippen LogP contribution in [0.15, 0.2) is 54.6 Å². The lowest BCUT2D eigenvalue weighted by Gasteiger charge is -2.25. The van der Waals surface area contributed by atoms with Crippen LogP contribution < -0.4 is 5.32 Å². The molecule has 3 aromatic carbocycles. The summed E-state index contributed by atoms with van der Waals surface area (Å²) < 4.78 is 0. The van der Waals surface area contributed by atoms with Gasteiger partial charge in [0.05, 0.1) is 6.54 Å². The minimum atomic E-state index is 0.0141. The quantitative estimate of drug-likeness (QED) is 0.661. The smallest absolute Gasteiger partial charge is 0.238 e. The van der Waals surface area contributed by atoms with Crippen molar-refractivity contribution in [3.05, 3.63) is 76.9 Å². The topological polar surface area (TPSA) is 32.3 Å². The molecule has 0 spiro atoms. The Balaban J connectivity index is 1.70. The van der Waals surface area contributed by atoms with Crippen LogP contribution in [0.4, 0.5) is 5.69 Å². The van der Waals surface area contributed by atoms with Gasteiger partial charge in [-0.05, 0) is 68.3 Å². The Morgan fingerprint density at radius 2 is 1.59 bits per heavy atom. The standard InChI is InChI=1S/C24H28N2O/c1-16-12-17(2)24(18(3)13-16)25-23(27)15-26(5)19(4)21-11-10-20-8-6-7-9-22(20)14-21/h6-14,19H,15H2,1-5H3,(H,25,27)/t19-/m0/s1. The molecular formula is C24H28N2O. The van der Waals surface area contributed by atoms with Crippen LogP contribution in [0, 0.1) is 20.8 Å². The molecule has 0 heterocycles. The zero-order valence-corrected chi connectivity index (χ0v) is 16.8. The third-order valence-corrected chi connectivity index (χ3v) is 5.25. The highest BCUT2D eigenvalue weighted by atomic mass is 16.2. The largest absolute Gasteiger partial charge is 0.324 e. The van der Waals surface area contributed by atoms with E-state index in [9.17, 15) is 4.79 Å². The molecule has 140 valence electrons. The number of anilines is 1. The Hall–Kier alpha value is -2.65. The third kappa shape index (κ3) is 4.37. The van der Waals surface area contributed by atoms with Gasteiger partial charge in [0.2, 0.25) is 5.91 Å². The van der Waals surface area contributed by atoms with E-state index in [1.807, 2.05) is 20.9 Å². The number of carbonyl (C=O) groups excluding carboxylic acids is 1. The second-order valence-electron chi connectivity index (χ2n) is 7.52. The number of fused-ring (bicyclic) bond motifs is 1. The summed E-state index contributed by atoms with van der Waals surface area (Å²) in [7, 11) is 1.99. The van der Waals surface area contributed by atoms with Gasteiger partial charge in [0.15, 0.2) is 0 Å². The number of carbonyl (C=O) groups is 1. The number of hydrogen-bond acceptors (Lipinski definition) is 2. The summed E-state index contributed by atoms with van der Waals surface area (Å²) in [5.41, 5.74) is 5.56. The van der Waals surface area contributed by atoms with Crippen LogP contribution in [0.25, 0.3) is 10.8 Å². The van der Waals surface area contributed by atoms with Crippen LogP contribution in [0.1, 0.15) is 35.2 Å². The molecule has 27 heavy (non-hydrogen) atoms. The Bertz CT molecular complexity index is 954. The first kappa shape index (κ1) is 19.1. The minimum absolute atomic E-state index is 0.0141. The van der Waals surface area contributed by atoms with Gasteiger partial charge in [0, 0.05) is 11.7 Å². The van der Waals surface area contributed by atoms with E-state index in [4.69, 9.17) is 0 Å². The number of rotatable bonds is 5. The van der Waals surface area contributed by atoms with Crippen molar-refractivity contribution in [1.29, 1.82) is 0 Å². The van der Waals surface area contributed by atoms with Gasteiger partial charge in [-0.15, -0.1) is 0 Å². The van der Waals surface area contributed by atoms with Gasteiger partial charge in [0.25, 0.3) is 0 Å². The fourth-order valence-electron chi connectivity index (χ4n) is 3.64. The molecule has 0 fully saturated rings. The molecule has 0 aliphatic carbocycles. The second kappa shape index (κ2) is 7.93. The van der Waals surface area contributed by atoms with Crippen LogP contribution in [-0.2, 0) is 4.79 Å². The normalized spacial score (nSPS) is 12.4. The maximum Gasteiger partial charge on any atom is 0.238 e. The Labute approximate surface area is 162 Å². The van der Waals surface area contributed by atoms with E-state index in [0.717, 1.165) is 16.8 Å². The first-order valence-corrected chi connectivity index (χ1v) is 9.42. The molecular weight excluding hydrogens is 332 g/mol. The van der Waals surface area contributed by atoms with Crippen LogP contribution in [0.5, 0.6) is 0 Å². The highest BCUT2D eigenvalue weighted by Crippen LogP contribution is 2.25. The van der Waals surface area contributed by atoms with E-state index in [2.05, 4.69) is 78.7 Å². The maximum atomic E-state index is 12.6. The Morgan fingerprint density at radius 1 is 0.963 bits per heavy atom. The van der Waals surface area contributed by atoms with E-state index in [1.54, 1.807) is 0 Å². The van der Waals surface area contributed by atoms with Crippen molar-refractivity contribution >= 4 is 22.4 Å². The Morgan fingerprint density at radius 3 is 2.26 bits per heavy atom. The summed E-state index contributed by atoms with van der Waals surface area (Å²) in [5, 5.41) is 5.55. The van der Waals surface area contributed by atoms with Crippen LogP contribution >= 0.6 is 0 Å². The molecule has 1 amide bonds. The summed E-state index contributed by atoms with van der Waals surface area (Å²) in [6, 6.07) is 19.2. The summed E-state index contributed by atoms with van der Waals surface area (Å²) in [6.45, 7) is 8.64. The van der Waals surface area contributed by atoms with Crippen molar-refractivity contribution in [3.8, 4) is 0 Å². The maximum absolute atomic E-state index is 12.6. The van der Waals surface area contributed by atoms with Gasteiger partial charge in [-0.1, -0.05) is 54.1 Å². The van der Waals surface area contributed by atoms with Crippen molar-refractivity contribution in [2.75, 3.05) is 18.9 Å². The zero-order chi connectivity index (χ0) is 19.6. The second-order valence-corrected chi connectivity index (χ2v) is 7.52. The van der Waals surface area contributed by atoms with Crippen LogP contribution in [-0.4, -0.2) is 24.4 Å². The average Bonchev–Trinajstić information content (AvgIpc) is 2.63. The molecule has 0 saturated carbocycles. The monoisotopic (exact) mass is 360 g/mol. The molecule has 0 bridgehead atoms. The number of nitrogens with zero attached hydrogens (tertiary/aromatic N) is 1. The first-order valence-electron chi connectivity index (χ1n) is 9.42. The van der Waals surface area contributed by atoms with Gasteiger partial charge in [-0.25, -0.2) is 0 Å². The van der Waals surface area contributed by atoms with E-state index < -0.39 is 0 Å². The van der Waals surface area contributed by atoms with Gasteiger partial charge >= 0.3 is 0 Å². The summed E-state index contributed by atoms with van der Waals surface area (Å²) in [4.78, 5) is 14.7. The van der Waals surface area contributed by atoms with Gasteiger partial charge in [0.1, 0.15) is 0 Å². The van der Waals surface area contributed by atoms with E-state index in [0.29, 0.717) is 6.54 Å². The van der Waals surface area contributed by atoms with Gasteiger partial charge in [-0.3, -0.25) is 9.69 Å². The number of amides is 1. The molecule has 0 saturated heterocycles. The predicted molar refractivity (Wildman–Crippen MR) is 114 cm³/mol. The predicted octanol–water partition coefficient (Wildman–Crippen LogP) is 5.40. The lowest BCUT2D eigenvalue weighted by atomic mass is 10.0. The lowest BCUT2D eigenvalue weighted by molar-refractivity contribution is -0.117. The molecule has 3 nitrogen and oxygen atoms in total. The molecule has 0 aromatic heterocycles. The first-order chi connectivity index (χ1) is 12.8. The highest BCUT2D eigenvalue weighted by molar-refractivity contribution is 5.93. The molecule has 0 aliphatic rings. The molecule has 3 heteroatoms. The molecule has 1 N–H and O–H groups in total. The summed E-state index contributed by atoms with van der Waals surface area (Å²) in [5.74, 6) is 0.0141. The zero-order valence-electron chi connectivity index (χ0n) is 16.8. The lowest BCUT2D eigenvalue weighted by Crippen LogP contribution is -2.32. The fraction of sp³-hybridized carbons (Fsp3) is 0.292. The third-order valence-electron chi connectivity index (χ3n) is 5.25. The Kier molecular flexibility index (Phi) is 5.62. The number of nitrogens with one attached hydrogen (secondary N) is 1. The van der Waals surface area contributed by atoms with E-state index in [1.165, 1.54) is 21.9 Å². The van der Waals surface area contributed by atoms with Crippen molar-refractivity contribution in [2.24, 2.45) is 0 Å². The summed E-state index contributed by atoms with van der Waals surface area (Å²) >= 11 is 0. The minimum Gasteiger partial charge on any atom is -0.324 e. The molecule has 0 unspecified atom stereocenters. The highest BCUT2D eigenvalue weighted by Gasteiger charge is 2.16. The van der Waals surface area contributed by atoms with Gasteiger partial charge in [-0.2, -0.15) is 0 Å². The average molecular weight is 361 g/mol. The van der Waals surface area contributed by atoms with Crippen molar-refractivity contribution in [1.82, 2.24) is 4.90 Å². The summed E-state index contributed by atoms with van der Waals surface area (Å²) in [6.07, 6.45) is 0. The molecule has 3 aromatic rings. The number of aryl methyl sites for hydroxylation is 3. The van der Waals surface area contributed by atoms with Crippen molar-refractivity contribution in [3.63, 3.8) is 0 Å². The van der Waals surface area contributed by atoms with Gasteiger partial charge < -0.3 is 5.32 Å².